The van der Waals surface area contributed by atoms with Gasteiger partial charge in [0.25, 0.3) is 5.91 Å². The molecule has 22 heavy (non-hydrogen) atoms. The number of hydrogen-bond donors (Lipinski definition) is 1. The Hall–Kier alpha value is -1.75. The van der Waals surface area contributed by atoms with Gasteiger partial charge in [0.15, 0.2) is 0 Å². The highest BCUT2D eigenvalue weighted by molar-refractivity contribution is 6.32. The van der Waals surface area contributed by atoms with Gasteiger partial charge in [-0.1, -0.05) is 11.6 Å². The molecule has 2 amide bonds. The van der Waals surface area contributed by atoms with E-state index in [2.05, 4.69) is 0 Å². The Morgan fingerprint density at radius 3 is 2.41 bits per heavy atom. The monoisotopic (exact) mass is 324 g/mol. The van der Waals surface area contributed by atoms with Crippen LogP contribution in [0.3, 0.4) is 0 Å². The lowest BCUT2D eigenvalue weighted by Gasteiger charge is -2.31. The number of likely N-dealkylation sites (tertiary alicyclic amines) is 1. The smallest absolute Gasteiger partial charge is 0.257 e. The van der Waals surface area contributed by atoms with Crippen LogP contribution in [-0.4, -0.2) is 36.9 Å². The Morgan fingerprint density at radius 2 is 1.91 bits per heavy atom. The molecular formula is C16H21ClN2O3. The molecule has 1 fully saturated rings. The van der Waals surface area contributed by atoms with Crippen LogP contribution in [0.15, 0.2) is 6.07 Å². The zero-order valence-corrected chi connectivity index (χ0v) is 13.9. The van der Waals surface area contributed by atoms with E-state index in [1.165, 1.54) is 7.11 Å². The van der Waals surface area contributed by atoms with Crippen molar-refractivity contribution in [2.75, 3.05) is 20.2 Å². The first-order valence-corrected chi connectivity index (χ1v) is 7.66. The maximum atomic E-state index is 12.8. The number of halogens is 1. The Balaban J connectivity index is 2.27. The van der Waals surface area contributed by atoms with Crippen LogP contribution in [0.2, 0.25) is 5.02 Å². The second-order valence-electron chi connectivity index (χ2n) is 5.68. The van der Waals surface area contributed by atoms with Crippen molar-refractivity contribution in [1.82, 2.24) is 4.90 Å². The zero-order chi connectivity index (χ0) is 16.4. The predicted molar refractivity (Wildman–Crippen MR) is 85.3 cm³/mol. The summed E-state index contributed by atoms with van der Waals surface area (Å²) >= 11 is 6.27. The number of benzene rings is 1. The number of piperidine rings is 1. The molecule has 0 atom stereocenters. The molecule has 1 aliphatic heterocycles. The van der Waals surface area contributed by atoms with E-state index in [0.29, 0.717) is 42.3 Å². The molecule has 1 heterocycles. The molecule has 1 aliphatic rings. The highest BCUT2D eigenvalue weighted by atomic mass is 35.5. The molecule has 1 aromatic carbocycles. The molecule has 0 spiro atoms. The lowest BCUT2D eigenvalue weighted by molar-refractivity contribution is -0.123. The SMILES string of the molecule is COc1cc(C)c(Cl)c(C)c1C(=O)N1CCC(C(N)=O)CC1. The summed E-state index contributed by atoms with van der Waals surface area (Å²) in [6.45, 7) is 4.73. The maximum absolute atomic E-state index is 12.8. The maximum Gasteiger partial charge on any atom is 0.257 e. The number of primary amides is 1. The third-order valence-electron chi connectivity index (χ3n) is 4.26. The molecule has 120 valence electrons. The van der Waals surface area contributed by atoms with Crippen LogP contribution in [-0.2, 0) is 4.79 Å². The number of nitrogens with two attached hydrogens (primary N) is 1. The molecule has 2 rings (SSSR count). The van der Waals surface area contributed by atoms with Crippen LogP contribution >= 0.6 is 11.6 Å². The summed E-state index contributed by atoms with van der Waals surface area (Å²) in [5.41, 5.74) is 7.42. The van der Waals surface area contributed by atoms with Crippen LogP contribution in [0.4, 0.5) is 0 Å². The average Bonchev–Trinajstić information content (AvgIpc) is 2.51. The van der Waals surface area contributed by atoms with Gasteiger partial charge < -0.3 is 15.4 Å². The lowest BCUT2D eigenvalue weighted by atomic mass is 9.95. The topological polar surface area (TPSA) is 72.6 Å². The largest absolute Gasteiger partial charge is 0.496 e. The lowest BCUT2D eigenvalue weighted by Crippen LogP contribution is -2.42. The van der Waals surface area contributed by atoms with E-state index in [4.69, 9.17) is 22.1 Å². The predicted octanol–water partition coefficient (Wildman–Crippen LogP) is 2.30. The standard InChI is InChI=1S/C16H21ClN2O3/c1-9-8-12(22-3)13(10(2)14(9)17)16(21)19-6-4-11(5-7-19)15(18)20/h8,11H,4-7H2,1-3H3,(H2,18,20). The Kier molecular flexibility index (Phi) is 4.96. The number of nitrogens with zero attached hydrogens (tertiary/aromatic N) is 1. The quantitative estimate of drug-likeness (QED) is 0.927. The molecule has 6 heteroatoms. The second kappa shape index (κ2) is 6.57. The summed E-state index contributed by atoms with van der Waals surface area (Å²) < 4.78 is 5.35. The zero-order valence-electron chi connectivity index (χ0n) is 13.1. The minimum atomic E-state index is -0.292. The third-order valence-corrected chi connectivity index (χ3v) is 4.84. The number of carbonyl (C=O) groups excluding carboxylic acids is 2. The molecule has 1 saturated heterocycles. The summed E-state index contributed by atoms with van der Waals surface area (Å²) in [5.74, 6) is -0.0199. The number of hydrogen-bond acceptors (Lipinski definition) is 3. The first kappa shape index (κ1) is 16.6. The minimum absolute atomic E-state index is 0.112. The first-order chi connectivity index (χ1) is 10.4. The van der Waals surface area contributed by atoms with Crippen molar-refractivity contribution in [3.05, 3.63) is 27.8 Å². The van der Waals surface area contributed by atoms with E-state index in [1.807, 2.05) is 13.8 Å². The molecule has 5 nitrogen and oxygen atoms in total. The summed E-state index contributed by atoms with van der Waals surface area (Å²) in [5, 5.41) is 0.580. The van der Waals surface area contributed by atoms with E-state index in [9.17, 15) is 9.59 Å². The van der Waals surface area contributed by atoms with E-state index in [1.54, 1.807) is 11.0 Å². The van der Waals surface area contributed by atoms with Crippen molar-refractivity contribution < 1.29 is 14.3 Å². The van der Waals surface area contributed by atoms with Gasteiger partial charge in [-0.3, -0.25) is 9.59 Å². The third kappa shape index (κ3) is 3.04. The molecule has 1 aromatic rings. The van der Waals surface area contributed by atoms with Crippen LogP contribution in [0.25, 0.3) is 0 Å². The van der Waals surface area contributed by atoms with E-state index in [0.717, 1.165) is 11.1 Å². The fourth-order valence-electron chi connectivity index (χ4n) is 2.87. The van der Waals surface area contributed by atoms with Gasteiger partial charge in [0, 0.05) is 24.0 Å². The summed E-state index contributed by atoms with van der Waals surface area (Å²) in [6, 6.07) is 1.78. The van der Waals surface area contributed by atoms with Gasteiger partial charge >= 0.3 is 0 Å². The van der Waals surface area contributed by atoms with Crippen molar-refractivity contribution in [3.63, 3.8) is 0 Å². The molecular weight excluding hydrogens is 304 g/mol. The molecule has 0 bridgehead atoms. The molecule has 0 aliphatic carbocycles. The number of amides is 2. The van der Waals surface area contributed by atoms with E-state index < -0.39 is 0 Å². The normalized spacial score (nSPS) is 15.7. The van der Waals surface area contributed by atoms with E-state index in [-0.39, 0.29) is 17.7 Å². The average molecular weight is 325 g/mol. The highest BCUT2D eigenvalue weighted by Gasteiger charge is 2.29. The molecule has 0 aromatic heterocycles. The number of rotatable bonds is 3. The summed E-state index contributed by atoms with van der Waals surface area (Å²) in [7, 11) is 1.54. The summed E-state index contributed by atoms with van der Waals surface area (Å²) in [4.78, 5) is 25.8. The van der Waals surface area contributed by atoms with Crippen molar-refractivity contribution in [1.29, 1.82) is 0 Å². The first-order valence-electron chi connectivity index (χ1n) is 7.29. The molecule has 2 N–H and O–H groups in total. The van der Waals surface area contributed by atoms with Gasteiger partial charge in [-0.05, 0) is 43.9 Å². The molecule has 0 unspecified atom stereocenters. The molecule has 0 radical (unpaired) electrons. The fraction of sp³-hybridized carbons (Fsp3) is 0.500. The van der Waals surface area contributed by atoms with Gasteiger partial charge in [-0.25, -0.2) is 0 Å². The Morgan fingerprint density at radius 1 is 1.32 bits per heavy atom. The Bertz CT molecular complexity index is 608. The van der Waals surface area contributed by atoms with Gasteiger partial charge in [-0.15, -0.1) is 0 Å². The van der Waals surface area contributed by atoms with Crippen LogP contribution in [0, 0.1) is 19.8 Å². The Labute approximate surface area is 135 Å². The fourth-order valence-corrected chi connectivity index (χ4v) is 3.02. The van der Waals surface area contributed by atoms with Gasteiger partial charge in [-0.2, -0.15) is 0 Å². The number of carbonyl (C=O) groups is 2. The summed E-state index contributed by atoms with van der Waals surface area (Å²) in [6.07, 6.45) is 1.20. The number of methoxy groups -OCH3 is 1. The van der Waals surface area contributed by atoms with Crippen LogP contribution in [0.1, 0.15) is 34.3 Å². The van der Waals surface area contributed by atoms with Crippen LogP contribution < -0.4 is 10.5 Å². The number of ether oxygens (including phenoxy) is 1. The van der Waals surface area contributed by atoms with Crippen molar-refractivity contribution in [3.8, 4) is 5.75 Å². The minimum Gasteiger partial charge on any atom is -0.496 e. The number of aryl methyl sites for hydroxylation is 1. The van der Waals surface area contributed by atoms with Gasteiger partial charge in [0.1, 0.15) is 5.75 Å². The van der Waals surface area contributed by atoms with Crippen LogP contribution in [0.5, 0.6) is 5.75 Å². The highest BCUT2D eigenvalue weighted by Crippen LogP contribution is 2.33. The van der Waals surface area contributed by atoms with Gasteiger partial charge in [0.05, 0.1) is 12.7 Å². The van der Waals surface area contributed by atoms with Crippen molar-refractivity contribution in [2.45, 2.75) is 26.7 Å². The molecule has 0 saturated carbocycles. The van der Waals surface area contributed by atoms with E-state index >= 15 is 0 Å². The van der Waals surface area contributed by atoms with Crippen molar-refractivity contribution in [2.24, 2.45) is 11.7 Å². The second-order valence-corrected chi connectivity index (χ2v) is 6.06. The van der Waals surface area contributed by atoms with Crippen molar-refractivity contribution >= 4 is 23.4 Å². The van der Waals surface area contributed by atoms with Gasteiger partial charge in [0.2, 0.25) is 5.91 Å².